The summed E-state index contributed by atoms with van der Waals surface area (Å²) in [6, 6.07) is 0. The first kappa shape index (κ1) is 60.2. The molecule has 0 aromatic heterocycles. The molecule has 0 aromatic rings. The van der Waals surface area contributed by atoms with Gasteiger partial charge in [-0.2, -0.15) is 0 Å². The summed E-state index contributed by atoms with van der Waals surface area (Å²) in [5.74, 6) is -2.15. The van der Waals surface area contributed by atoms with Crippen LogP contribution in [-0.2, 0) is 47.4 Å². The average molecular weight is 991 g/mol. The van der Waals surface area contributed by atoms with Crippen LogP contribution in [0.25, 0.3) is 0 Å². The van der Waals surface area contributed by atoms with Crippen molar-refractivity contribution >= 4 is 0 Å². The van der Waals surface area contributed by atoms with E-state index in [4.69, 9.17) is 52.5 Å². The van der Waals surface area contributed by atoms with Gasteiger partial charge in [-0.1, -0.05) is 0 Å². The lowest BCUT2D eigenvalue weighted by atomic mass is 9.97. The third-order valence-corrected chi connectivity index (χ3v) is 11.1. The van der Waals surface area contributed by atoms with Crippen molar-refractivity contribution in [1.82, 2.24) is 0 Å². The third-order valence-electron chi connectivity index (χ3n) is 11.1. The second-order valence-electron chi connectivity index (χ2n) is 17.3. The van der Waals surface area contributed by atoms with Crippen LogP contribution in [-0.4, -0.2) is 297 Å². The highest BCUT2D eigenvalue weighted by atomic mass is 16.8. The van der Waals surface area contributed by atoms with Crippen LogP contribution < -0.4 is 0 Å². The summed E-state index contributed by atoms with van der Waals surface area (Å²) < 4.78 is 53.1. The summed E-state index contributed by atoms with van der Waals surface area (Å²) in [6.07, 6.45) is -33.1. The van der Waals surface area contributed by atoms with Gasteiger partial charge in [-0.05, 0) is 41.5 Å². The maximum absolute atomic E-state index is 10.3. The third kappa shape index (κ3) is 15.0. The Morgan fingerprint density at radius 2 is 0.776 bits per heavy atom. The Balaban J connectivity index is 0.000000277. The minimum Gasteiger partial charge on any atom is -0.394 e. The van der Waals surface area contributed by atoms with Crippen LogP contribution in [0.1, 0.15) is 41.5 Å². The summed E-state index contributed by atoms with van der Waals surface area (Å²) in [7, 11) is 0. The lowest BCUT2D eigenvalue weighted by Crippen LogP contribution is -2.64. The SMILES string of the molecule is CC(C)OC[C@H]1O[C@@](CO)(O[C@H]2OC(CO)[C@@H](O)C(O)C2O)C(O)[C@H]1O.CC(C)O[C@H]1OC(CO)[C@@H](O[C@@H]2OC(CO)[C@H](O)C(O)C2O)C(O)C1O.CC(C)O[C@H]1OC(CO)[C@H](O)C(O)[C@@H]1O. The van der Waals surface area contributed by atoms with E-state index < -0.39 is 180 Å². The van der Waals surface area contributed by atoms with E-state index in [1.54, 1.807) is 41.5 Å². The molecule has 0 saturated carbocycles. The van der Waals surface area contributed by atoms with Gasteiger partial charge in [0.2, 0.25) is 5.79 Å². The highest BCUT2D eigenvalue weighted by Crippen LogP contribution is 2.37. The predicted molar refractivity (Wildman–Crippen MR) is 215 cm³/mol. The van der Waals surface area contributed by atoms with Crippen molar-refractivity contribution in [2.75, 3.05) is 39.6 Å². The van der Waals surface area contributed by atoms with Crippen LogP contribution in [0.15, 0.2) is 0 Å². The number of hydrogen-bond acceptors (Lipinski definition) is 28. The fourth-order valence-electron chi connectivity index (χ4n) is 7.29. The van der Waals surface area contributed by atoms with E-state index >= 15 is 0 Å². The summed E-state index contributed by atoms with van der Waals surface area (Å²) in [4.78, 5) is 0. The van der Waals surface area contributed by atoms with Crippen LogP contribution in [0.4, 0.5) is 0 Å². The summed E-state index contributed by atoms with van der Waals surface area (Å²) in [5, 5.41) is 175. The zero-order chi connectivity index (χ0) is 50.8. The highest BCUT2D eigenvalue weighted by molar-refractivity contribution is 4.99. The molecule has 5 aliphatic heterocycles. The van der Waals surface area contributed by atoms with Gasteiger partial charge in [0.15, 0.2) is 25.2 Å². The van der Waals surface area contributed by atoms with Crippen LogP contribution >= 0.6 is 0 Å². The maximum Gasteiger partial charge on any atom is 0.224 e. The molecule has 28 nitrogen and oxygen atoms in total. The number of aliphatic hydroxyl groups is 18. The lowest BCUT2D eigenvalue weighted by molar-refractivity contribution is -0.383. The van der Waals surface area contributed by atoms with Crippen molar-refractivity contribution < 1.29 is 139 Å². The van der Waals surface area contributed by atoms with Gasteiger partial charge in [-0.25, -0.2) is 0 Å². The molecular weight excluding hydrogens is 916 g/mol. The van der Waals surface area contributed by atoms with Crippen molar-refractivity contribution in [3.8, 4) is 0 Å². The molecule has 24 atom stereocenters. The zero-order valence-electron chi connectivity index (χ0n) is 37.9. The van der Waals surface area contributed by atoms with Crippen LogP contribution in [0.5, 0.6) is 0 Å². The van der Waals surface area contributed by atoms with E-state index in [-0.39, 0.29) is 24.9 Å². The van der Waals surface area contributed by atoms with E-state index in [9.17, 15) is 86.8 Å². The van der Waals surface area contributed by atoms with Crippen molar-refractivity contribution in [3.05, 3.63) is 0 Å². The molecule has 0 radical (unpaired) electrons. The average Bonchev–Trinajstić information content (AvgIpc) is 3.53. The minimum atomic E-state index is -2.15. The van der Waals surface area contributed by atoms with E-state index in [1.807, 2.05) is 0 Å². The van der Waals surface area contributed by atoms with E-state index in [0.717, 1.165) is 0 Å². The zero-order valence-corrected chi connectivity index (χ0v) is 37.9. The fourth-order valence-corrected chi connectivity index (χ4v) is 7.29. The largest absolute Gasteiger partial charge is 0.394 e. The predicted octanol–water partition coefficient (Wildman–Crippen LogP) is -9.72. The molecule has 28 heteroatoms. The smallest absolute Gasteiger partial charge is 0.224 e. The van der Waals surface area contributed by atoms with E-state index in [1.165, 1.54) is 0 Å². The molecule has 5 fully saturated rings. The molecule has 5 aliphatic rings. The molecule has 0 amide bonds. The lowest BCUT2D eigenvalue weighted by Gasteiger charge is -2.46. The molecule has 5 saturated heterocycles. The Labute approximate surface area is 385 Å². The van der Waals surface area contributed by atoms with Gasteiger partial charge in [0.25, 0.3) is 0 Å². The van der Waals surface area contributed by atoms with Crippen molar-refractivity contribution in [3.63, 3.8) is 0 Å². The first-order chi connectivity index (χ1) is 31.3. The molecule has 5 rings (SSSR count). The van der Waals surface area contributed by atoms with Gasteiger partial charge in [-0.3, -0.25) is 0 Å². The van der Waals surface area contributed by atoms with E-state index in [2.05, 4.69) is 0 Å². The minimum absolute atomic E-state index is 0.0876. The van der Waals surface area contributed by atoms with Gasteiger partial charge >= 0.3 is 0 Å². The monoisotopic (exact) mass is 990 g/mol. The first-order valence-electron chi connectivity index (χ1n) is 21.8. The van der Waals surface area contributed by atoms with Crippen LogP contribution in [0, 0.1) is 0 Å². The molecular formula is C39H74O28. The molecule has 0 aromatic carbocycles. The topological polar surface area (TPSA) is 456 Å². The standard InChI is InChI=1S/2C15H28O11.C9H18O6/c1-6(2)23-4-8-10(19)13(22)15(5-17,25-8)26-14-12(21)11(20)9(18)7(3-16)24-14;1-5(2)23-14-12(22)10(20)13(7(4-17)25-14)26-15-11(21)9(19)8(18)6(3-16)24-15;1-4(2)14-9-8(13)7(12)6(11)5(3-10)15-9/h6-14,16-22H,3-5H2,1-2H3;5-22H,3-4H2,1-2H3;4-13H,3H2,1-2H3/t7?,8-,9-,10+,11?,12?,13?,14-,15+;6?,7?,8-,9?,10?,11?,12?,13+,14-,15-;5?,6-,7?,8-,9-/m100/s1. The molecule has 398 valence electrons. The second-order valence-corrected chi connectivity index (χ2v) is 17.3. The van der Waals surface area contributed by atoms with Gasteiger partial charge in [0, 0.05) is 0 Å². The Hall–Kier alpha value is -1.12. The summed E-state index contributed by atoms with van der Waals surface area (Å²) in [5.41, 5.74) is 0. The Bertz CT molecular complexity index is 1380. The molecule has 5 heterocycles. The fraction of sp³-hybridized carbons (Fsp3) is 1.00. The summed E-state index contributed by atoms with van der Waals surface area (Å²) >= 11 is 0. The molecule has 0 spiro atoms. The molecule has 0 aliphatic carbocycles. The summed E-state index contributed by atoms with van der Waals surface area (Å²) in [6.45, 7) is 7.09. The quantitative estimate of drug-likeness (QED) is 0.0683. The van der Waals surface area contributed by atoms with Gasteiger partial charge in [-0.15, -0.1) is 0 Å². The van der Waals surface area contributed by atoms with Crippen LogP contribution in [0.2, 0.25) is 0 Å². The Morgan fingerprint density at radius 3 is 1.18 bits per heavy atom. The first-order valence-corrected chi connectivity index (χ1v) is 21.8. The normalized spacial score (nSPS) is 46.0. The van der Waals surface area contributed by atoms with Crippen molar-refractivity contribution in [1.29, 1.82) is 0 Å². The van der Waals surface area contributed by atoms with E-state index in [0.29, 0.717) is 0 Å². The Kier molecular flexibility index (Phi) is 24.3. The van der Waals surface area contributed by atoms with Crippen LogP contribution in [0.3, 0.4) is 0 Å². The number of rotatable bonds is 16. The highest BCUT2D eigenvalue weighted by Gasteiger charge is 2.59. The molecule has 12 unspecified atom stereocenters. The number of ether oxygens (including phenoxy) is 10. The second kappa shape index (κ2) is 27.1. The maximum atomic E-state index is 10.3. The van der Waals surface area contributed by atoms with Gasteiger partial charge in [0.05, 0.1) is 51.3 Å². The molecule has 18 N–H and O–H groups in total. The van der Waals surface area contributed by atoms with Gasteiger partial charge < -0.3 is 139 Å². The molecule has 0 bridgehead atoms. The molecule has 67 heavy (non-hydrogen) atoms. The number of hydrogen-bond donors (Lipinski definition) is 18. The Morgan fingerprint density at radius 1 is 0.403 bits per heavy atom. The van der Waals surface area contributed by atoms with Crippen molar-refractivity contribution in [2.45, 2.75) is 207 Å². The van der Waals surface area contributed by atoms with Gasteiger partial charge in [0.1, 0.15) is 123 Å². The number of aliphatic hydroxyl groups excluding tert-OH is 18. The van der Waals surface area contributed by atoms with Crippen molar-refractivity contribution in [2.24, 2.45) is 0 Å².